The Kier molecular flexibility index (Phi) is 4.15. The molecule has 1 aromatic carbocycles. The molecule has 0 radical (unpaired) electrons. The number of nitrogens with two attached hydrogens (primary N) is 1. The van der Waals surface area contributed by atoms with Crippen LogP contribution in [0, 0.1) is 11.3 Å². The first-order chi connectivity index (χ1) is 7.63. The SMILES string of the molecule is COc1cc(C(C)CCN)cc(C#N)c1O. The highest BCUT2D eigenvalue weighted by Crippen LogP contribution is 2.34. The molecule has 0 saturated carbocycles. The first-order valence-corrected chi connectivity index (χ1v) is 5.15. The number of ether oxygens (including phenoxy) is 1. The average Bonchev–Trinajstić information content (AvgIpc) is 2.29. The van der Waals surface area contributed by atoms with Crippen LogP contribution in [0.5, 0.6) is 11.5 Å². The first kappa shape index (κ1) is 12.3. The second-order valence-electron chi connectivity index (χ2n) is 3.71. The molecule has 0 aliphatic rings. The Labute approximate surface area is 95.3 Å². The van der Waals surface area contributed by atoms with Crippen molar-refractivity contribution >= 4 is 0 Å². The summed E-state index contributed by atoms with van der Waals surface area (Å²) in [5.41, 5.74) is 6.68. The molecule has 16 heavy (non-hydrogen) atoms. The Balaban J connectivity index is 3.17. The maximum atomic E-state index is 9.65. The highest BCUT2D eigenvalue weighted by atomic mass is 16.5. The summed E-state index contributed by atoms with van der Waals surface area (Å²) < 4.78 is 5.02. The van der Waals surface area contributed by atoms with E-state index < -0.39 is 0 Å². The topological polar surface area (TPSA) is 79.3 Å². The standard InChI is InChI=1S/C12H16N2O2/c1-8(3-4-13)9-5-10(7-14)12(15)11(6-9)16-2/h5-6,8,15H,3-4,13H2,1-2H3. The van der Waals surface area contributed by atoms with Crippen molar-refractivity contribution in [3.8, 4) is 17.6 Å². The zero-order chi connectivity index (χ0) is 12.1. The van der Waals surface area contributed by atoms with Gasteiger partial charge in [-0.15, -0.1) is 0 Å². The van der Waals surface area contributed by atoms with E-state index in [0.29, 0.717) is 12.3 Å². The van der Waals surface area contributed by atoms with E-state index in [4.69, 9.17) is 15.7 Å². The molecule has 1 atom stereocenters. The lowest BCUT2D eigenvalue weighted by Crippen LogP contribution is -2.05. The van der Waals surface area contributed by atoms with Crippen LogP contribution >= 0.6 is 0 Å². The summed E-state index contributed by atoms with van der Waals surface area (Å²) >= 11 is 0. The van der Waals surface area contributed by atoms with E-state index in [-0.39, 0.29) is 17.2 Å². The number of phenols is 1. The molecule has 3 N–H and O–H groups in total. The van der Waals surface area contributed by atoms with Crippen LogP contribution in [-0.2, 0) is 0 Å². The summed E-state index contributed by atoms with van der Waals surface area (Å²) in [4.78, 5) is 0. The normalized spacial score (nSPS) is 11.9. The summed E-state index contributed by atoms with van der Waals surface area (Å²) in [7, 11) is 1.47. The van der Waals surface area contributed by atoms with Gasteiger partial charge in [0.2, 0.25) is 0 Å². The van der Waals surface area contributed by atoms with Gasteiger partial charge in [0, 0.05) is 0 Å². The predicted molar refractivity (Wildman–Crippen MR) is 61.5 cm³/mol. The molecule has 0 saturated heterocycles. The number of hydrogen-bond acceptors (Lipinski definition) is 4. The molecule has 1 unspecified atom stereocenters. The van der Waals surface area contributed by atoms with Crippen molar-refractivity contribution in [3.63, 3.8) is 0 Å². The van der Waals surface area contributed by atoms with Gasteiger partial charge in [-0.2, -0.15) is 5.26 Å². The van der Waals surface area contributed by atoms with E-state index in [1.165, 1.54) is 7.11 Å². The van der Waals surface area contributed by atoms with Crippen molar-refractivity contribution in [1.82, 2.24) is 0 Å². The fraction of sp³-hybridized carbons (Fsp3) is 0.417. The third-order valence-electron chi connectivity index (χ3n) is 2.61. The van der Waals surface area contributed by atoms with Crippen molar-refractivity contribution in [3.05, 3.63) is 23.3 Å². The second-order valence-corrected chi connectivity index (χ2v) is 3.71. The van der Waals surface area contributed by atoms with Gasteiger partial charge in [-0.3, -0.25) is 0 Å². The minimum atomic E-state index is -0.103. The second kappa shape index (κ2) is 5.38. The van der Waals surface area contributed by atoms with Crippen molar-refractivity contribution in [2.24, 2.45) is 5.73 Å². The van der Waals surface area contributed by atoms with Gasteiger partial charge in [0.15, 0.2) is 11.5 Å². The van der Waals surface area contributed by atoms with Crippen LogP contribution in [0.2, 0.25) is 0 Å². The Morgan fingerprint density at radius 2 is 2.25 bits per heavy atom. The van der Waals surface area contributed by atoms with Crippen LogP contribution < -0.4 is 10.5 Å². The minimum absolute atomic E-state index is 0.103. The van der Waals surface area contributed by atoms with Gasteiger partial charge in [-0.1, -0.05) is 6.92 Å². The number of rotatable bonds is 4. The molecule has 4 heteroatoms. The third kappa shape index (κ3) is 2.44. The number of phenolic OH excluding ortho intramolecular Hbond substituents is 1. The molecule has 4 nitrogen and oxygen atoms in total. The molecule has 0 bridgehead atoms. The molecule has 1 rings (SSSR count). The van der Waals surface area contributed by atoms with Crippen LogP contribution in [-0.4, -0.2) is 18.8 Å². The van der Waals surface area contributed by atoms with E-state index >= 15 is 0 Å². The van der Waals surface area contributed by atoms with E-state index in [2.05, 4.69) is 0 Å². The molecule has 86 valence electrons. The van der Waals surface area contributed by atoms with Crippen LogP contribution in [0.25, 0.3) is 0 Å². The number of nitrogens with zero attached hydrogens (tertiary/aromatic N) is 1. The molecule has 0 heterocycles. The zero-order valence-electron chi connectivity index (χ0n) is 9.53. The summed E-state index contributed by atoms with van der Waals surface area (Å²) in [6, 6.07) is 5.37. The maximum Gasteiger partial charge on any atom is 0.175 e. The zero-order valence-corrected chi connectivity index (χ0v) is 9.53. The van der Waals surface area contributed by atoms with Gasteiger partial charge < -0.3 is 15.6 Å². The fourth-order valence-corrected chi connectivity index (χ4v) is 1.57. The molecular weight excluding hydrogens is 204 g/mol. The van der Waals surface area contributed by atoms with Crippen molar-refractivity contribution in [2.45, 2.75) is 19.3 Å². The highest BCUT2D eigenvalue weighted by Gasteiger charge is 2.13. The third-order valence-corrected chi connectivity index (χ3v) is 2.61. The van der Waals surface area contributed by atoms with Gasteiger partial charge in [-0.05, 0) is 36.6 Å². The number of nitriles is 1. The predicted octanol–water partition coefficient (Wildman–Crippen LogP) is 1.72. The number of aromatic hydroxyl groups is 1. The maximum absolute atomic E-state index is 9.65. The van der Waals surface area contributed by atoms with Gasteiger partial charge >= 0.3 is 0 Å². The molecule has 0 fully saturated rings. The smallest absolute Gasteiger partial charge is 0.175 e. The molecule has 1 aromatic rings. The Morgan fingerprint density at radius 3 is 2.75 bits per heavy atom. The largest absolute Gasteiger partial charge is 0.503 e. The number of hydrogen-bond donors (Lipinski definition) is 2. The van der Waals surface area contributed by atoms with Gasteiger partial charge in [0.05, 0.1) is 12.7 Å². The Morgan fingerprint density at radius 1 is 1.56 bits per heavy atom. The number of methoxy groups -OCH3 is 1. The van der Waals surface area contributed by atoms with Crippen molar-refractivity contribution in [2.75, 3.05) is 13.7 Å². The van der Waals surface area contributed by atoms with Crippen molar-refractivity contribution in [1.29, 1.82) is 5.26 Å². The van der Waals surface area contributed by atoms with Crippen LogP contribution in [0.3, 0.4) is 0 Å². The fourth-order valence-electron chi connectivity index (χ4n) is 1.57. The van der Waals surface area contributed by atoms with E-state index in [1.54, 1.807) is 12.1 Å². The monoisotopic (exact) mass is 220 g/mol. The molecule has 0 amide bonds. The Bertz CT molecular complexity index is 410. The molecule has 0 aliphatic carbocycles. The van der Waals surface area contributed by atoms with Crippen LogP contribution in [0.1, 0.15) is 30.4 Å². The van der Waals surface area contributed by atoms with E-state index in [9.17, 15) is 5.11 Å². The lowest BCUT2D eigenvalue weighted by molar-refractivity contribution is 0.372. The molecule has 0 spiro atoms. The summed E-state index contributed by atoms with van der Waals surface area (Å²) in [6.45, 7) is 2.62. The van der Waals surface area contributed by atoms with Gasteiger partial charge in [0.1, 0.15) is 6.07 Å². The van der Waals surface area contributed by atoms with Crippen LogP contribution in [0.4, 0.5) is 0 Å². The highest BCUT2D eigenvalue weighted by molar-refractivity contribution is 5.54. The summed E-state index contributed by atoms with van der Waals surface area (Å²) in [5.74, 6) is 0.471. The van der Waals surface area contributed by atoms with Gasteiger partial charge in [-0.25, -0.2) is 0 Å². The van der Waals surface area contributed by atoms with E-state index in [0.717, 1.165) is 12.0 Å². The van der Waals surface area contributed by atoms with Crippen LogP contribution in [0.15, 0.2) is 12.1 Å². The van der Waals surface area contributed by atoms with Gasteiger partial charge in [0.25, 0.3) is 0 Å². The van der Waals surface area contributed by atoms with Crippen molar-refractivity contribution < 1.29 is 9.84 Å². The molecule has 0 aromatic heterocycles. The lowest BCUT2D eigenvalue weighted by atomic mass is 9.95. The molecular formula is C12H16N2O2. The lowest BCUT2D eigenvalue weighted by Gasteiger charge is -2.13. The Hall–Kier alpha value is -1.73. The first-order valence-electron chi connectivity index (χ1n) is 5.15. The average molecular weight is 220 g/mol. The number of benzene rings is 1. The molecule has 0 aliphatic heterocycles. The quantitative estimate of drug-likeness (QED) is 0.809. The summed E-state index contributed by atoms with van der Waals surface area (Å²) in [6.07, 6.45) is 0.832. The minimum Gasteiger partial charge on any atom is -0.503 e. The summed E-state index contributed by atoms with van der Waals surface area (Å²) in [5, 5.41) is 18.5. The van der Waals surface area contributed by atoms with E-state index in [1.807, 2.05) is 13.0 Å².